The first-order valence-electron chi connectivity index (χ1n) is 5.95. The molecule has 0 radical (unpaired) electrons. The zero-order chi connectivity index (χ0) is 14.5. The van der Waals surface area contributed by atoms with Gasteiger partial charge in [0.15, 0.2) is 0 Å². The minimum absolute atomic E-state index is 0.0742. The van der Waals surface area contributed by atoms with E-state index >= 15 is 0 Å². The topological polar surface area (TPSA) is 71.7 Å². The van der Waals surface area contributed by atoms with Crippen LogP contribution in [0.4, 0.5) is 0 Å². The van der Waals surface area contributed by atoms with Gasteiger partial charge in [0.2, 0.25) is 0 Å². The summed E-state index contributed by atoms with van der Waals surface area (Å²) >= 11 is 3.31. The molecule has 6 heteroatoms. The summed E-state index contributed by atoms with van der Waals surface area (Å²) in [5.74, 6) is 0.785. The summed E-state index contributed by atoms with van der Waals surface area (Å²) in [6.07, 6.45) is 0.603. The highest BCUT2D eigenvalue weighted by Crippen LogP contribution is 2.23. The summed E-state index contributed by atoms with van der Waals surface area (Å²) in [6, 6.07) is 8.39. The highest BCUT2D eigenvalue weighted by molar-refractivity contribution is 9.10. The Morgan fingerprint density at radius 3 is 2.90 bits per heavy atom. The molecule has 2 aromatic rings. The molecule has 1 heterocycles. The molecular weight excluding hydrogens is 326 g/mol. The Labute approximate surface area is 124 Å². The van der Waals surface area contributed by atoms with E-state index in [9.17, 15) is 9.90 Å². The second-order valence-electron chi connectivity index (χ2n) is 4.09. The third-order valence-corrected chi connectivity index (χ3v) is 3.40. The van der Waals surface area contributed by atoms with Crippen LogP contribution in [0.2, 0.25) is 0 Å². The summed E-state index contributed by atoms with van der Waals surface area (Å²) in [7, 11) is 1.56. The van der Waals surface area contributed by atoms with Crippen LogP contribution in [-0.4, -0.2) is 24.7 Å². The Kier molecular flexibility index (Phi) is 4.81. The number of aliphatic hydroxyl groups excluding tert-OH is 1. The first-order chi connectivity index (χ1) is 9.61. The molecule has 1 aromatic carbocycles. The third-order valence-electron chi connectivity index (χ3n) is 2.75. The van der Waals surface area contributed by atoms with Crippen LogP contribution >= 0.6 is 15.9 Å². The van der Waals surface area contributed by atoms with E-state index in [4.69, 9.17) is 9.15 Å². The van der Waals surface area contributed by atoms with Gasteiger partial charge in [0.25, 0.3) is 5.91 Å². The molecule has 0 spiro atoms. The average molecular weight is 340 g/mol. The van der Waals surface area contributed by atoms with Gasteiger partial charge in [-0.05, 0) is 46.3 Å². The van der Waals surface area contributed by atoms with Crippen LogP contribution in [-0.2, 0) is 0 Å². The molecule has 0 saturated heterocycles. The van der Waals surface area contributed by atoms with Gasteiger partial charge in [-0.15, -0.1) is 0 Å². The van der Waals surface area contributed by atoms with Gasteiger partial charge < -0.3 is 19.6 Å². The molecule has 2 rings (SSSR count). The number of carbonyl (C=O) groups is 1. The van der Waals surface area contributed by atoms with Crippen molar-refractivity contribution in [3.63, 3.8) is 0 Å². The van der Waals surface area contributed by atoms with Gasteiger partial charge in [0.1, 0.15) is 17.6 Å². The van der Waals surface area contributed by atoms with E-state index in [1.807, 2.05) is 0 Å². The Morgan fingerprint density at radius 1 is 1.50 bits per heavy atom. The summed E-state index contributed by atoms with van der Waals surface area (Å²) in [5.41, 5.74) is 0.470. The zero-order valence-electron chi connectivity index (χ0n) is 10.8. The summed E-state index contributed by atoms with van der Waals surface area (Å²) < 4.78 is 10.7. The molecular formula is C14H14BrNO4. The molecule has 0 fully saturated rings. The van der Waals surface area contributed by atoms with E-state index in [0.29, 0.717) is 21.5 Å². The molecule has 20 heavy (non-hydrogen) atoms. The van der Waals surface area contributed by atoms with Crippen molar-refractivity contribution < 1.29 is 19.1 Å². The van der Waals surface area contributed by atoms with Crippen molar-refractivity contribution in [1.82, 2.24) is 5.32 Å². The molecule has 1 amide bonds. The van der Waals surface area contributed by atoms with Crippen molar-refractivity contribution in [3.05, 3.63) is 52.4 Å². The molecule has 1 unspecified atom stereocenters. The number of ether oxygens (including phenoxy) is 1. The lowest BCUT2D eigenvalue weighted by Gasteiger charge is -2.11. The van der Waals surface area contributed by atoms with Crippen LogP contribution in [0.3, 0.4) is 0 Å². The fourth-order valence-electron chi connectivity index (χ4n) is 1.67. The minimum atomic E-state index is -0.869. The number of benzene rings is 1. The first kappa shape index (κ1) is 14.6. The molecule has 0 aliphatic carbocycles. The number of carbonyl (C=O) groups excluding carboxylic acids is 1. The first-order valence-corrected chi connectivity index (χ1v) is 6.74. The maximum atomic E-state index is 12.0. The molecule has 0 saturated carbocycles. The van der Waals surface area contributed by atoms with Gasteiger partial charge in [0, 0.05) is 4.47 Å². The van der Waals surface area contributed by atoms with Crippen LogP contribution in [0.15, 0.2) is 45.5 Å². The van der Waals surface area contributed by atoms with Gasteiger partial charge in [-0.1, -0.05) is 0 Å². The van der Waals surface area contributed by atoms with Gasteiger partial charge >= 0.3 is 0 Å². The average Bonchev–Trinajstić information content (AvgIpc) is 2.98. The van der Waals surface area contributed by atoms with Crippen molar-refractivity contribution in [3.8, 4) is 5.75 Å². The summed E-state index contributed by atoms with van der Waals surface area (Å²) in [4.78, 5) is 12.0. The lowest BCUT2D eigenvalue weighted by atomic mass is 10.2. The molecule has 0 bridgehead atoms. The number of nitrogens with one attached hydrogen (secondary N) is 1. The molecule has 1 aromatic heterocycles. The van der Waals surface area contributed by atoms with E-state index in [1.165, 1.54) is 6.26 Å². The summed E-state index contributed by atoms with van der Waals surface area (Å²) in [6.45, 7) is 0.0742. The van der Waals surface area contributed by atoms with Crippen molar-refractivity contribution in [2.45, 2.75) is 6.10 Å². The van der Waals surface area contributed by atoms with Crippen LogP contribution in [0.5, 0.6) is 5.75 Å². The number of halogens is 1. The quantitative estimate of drug-likeness (QED) is 0.877. The SMILES string of the molecule is COc1ccc(C(=O)NCC(O)c2ccco2)c(Br)c1. The molecule has 0 aliphatic rings. The van der Waals surface area contributed by atoms with Crippen LogP contribution in [0, 0.1) is 0 Å². The zero-order valence-corrected chi connectivity index (χ0v) is 12.4. The van der Waals surface area contributed by atoms with Crippen molar-refractivity contribution in [1.29, 1.82) is 0 Å². The third kappa shape index (κ3) is 3.40. The Hall–Kier alpha value is -1.79. The van der Waals surface area contributed by atoms with E-state index in [0.717, 1.165) is 0 Å². The molecule has 5 nitrogen and oxygen atoms in total. The fraction of sp³-hybridized carbons (Fsp3) is 0.214. The monoisotopic (exact) mass is 339 g/mol. The number of aliphatic hydroxyl groups is 1. The molecule has 2 N–H and O–H groups in total. The molecule has 1 atom stereocenters. The number of methoxy groups -OCH3 is 1. The Bertz CT molecular complexity index is 583. The lowest BCUT2D eigenvalue weighted by Crippen LogP contribution is -2.28. The highest BCUT2D eigenvalue weighted by atomic mass is 79.9. The highest BCUT2D eigenvalue weighted by Gasteiger charge is 2.15. The van der Waals surface area contributed by atoms with E-state index in [2.05, 4.69) is 21.2 Å². The summed E-state index contributed by atoms with van der Waals surface area (Å²) in [5, 5.41) is 12.5. The lowest BCUT2D eigenvalue weighted by molar-refractivity contribution is 0.0900. The standard InChI is InChI=1S/C14H14BrNO4/c1-19-9-4-5-10(11(15)7-9)14(18)16-8-12(17)13-3-2-6-20-13/h2-7,12,17H,8H2,1H3,(H,16,18). The maximum absolute atomic E-state index is 12.0. The number of hydrogen-bond acceptors (Lipinski definition) is 4. The van der Waals surface area contributed by atoms with Gasteiger partial charge in [-0.2, -0.15) is 0 Å². The maximum Gasteiger partial charge on any atom is 0.252 e. The normalized spacial score (nSPS) is 11.9. The van der Waals surface area contributed by atoms with Gasteiger partial charge in [-0.3, -0.25) is 4.79 Å². The predicted octanol–water partition coefficient (Wildman–Crippen LogP) is 2.51. The van der Waals surface area contributed by atoms with Crippen LogP contribution in [0.25, 0.3) is 0 Å². The minimum Gasteiger partial charge on any atom is -0.497 e. The van der Waals surface area contributed by atoms with Crippen molar-refractivity contribution in [2.75, 3.05) is 13.7 Å². The Balaban J connectivity index is 1.98. The molecule has 0 aliphatic heterocycles. The van der Waals surface area contributed by atoms with Crippen LogP contribution < -0.4 is 10.1 Å². The molecule has 106 valence electrons. The van der Waals surface area contributed by atoms with E-state index in [-0.39, 0.29) is 12.5 Å². The fourth-order valence-corrected chi connectivity index (χ4v) is 2.21. The van der Waals surface area contributed by atoms with Gasteiger partial charge in [0.05, 0.1) is 25.5 Å². The van der Waals surface area contributed by atoms with Crippen molar-refractivity contribution >= 4 is 21.8 Å². The van der Waals surface area contributed by atoms with Gasteiger partial charge in [-0.25, -0.2) is 0 Å². The van der Waals surface area contributed by atoms with Crippen LogP contribution in [0.1, 0.15) is 22.2 Å². The number of rotatable bonds is 5. The largest absolute Gasteiger partial charge is 0.497 e. The predicted molar refractivity (Wildman–Crippen MR) is 76.7 cm³/mol. The second-order valence-corrected chi connectivity index (χ2v) is 4.94. The Morgan fingerprint density at radius 2 is 2.30 bits per heavy atom. The number of amides is 1. The van der Waals surface area contributed by atoms with E-state index < -0.39 is 6.10 Å². The second kappa shape index (κ2) is 6.58. The number of furan rings is 1. The van der Waals surface area contributed by atoms with Crippen molar-refractivity contribution in [2.24, 2.45) is 0 Å². The van der Waals surface area contributed by atoms with E-state index in [1.54, 1.807) is 37.4 Å². The number of hydrogen-bond donors (Lipinski definition) is 2. The smallest absolute Gasteiger partial charge is 0.252 e.